The zero-order valence-electron chi connectivity index (χ0n) is 84.0. The van der Waals surface area contributed by atoms with Crippen LogP contribution in [-0.2, 0) is 83.2 Å². The van der Waals surface area contributed by atoms with E-state index >= 15 is 0 Å². The fourth-order valence-electron chi connectivity index (χ4n) is 17.9. The lowest BCUT2D eigenvalue weighted by atomic mass is 9.94. The first-order valence-electron chi connectivity index (χ1n) is 50.3. The van der Waals surface area contributed by atoms with Gasteiger partial charge in [-0.15, -0.1) is 0 Å². The van der Waals surface area contributed by atoms with E-state index in [1.54, 1.807) is 0 Å². The average Bonchev–Trinajstić information content (AvgIpc) is 0.924. The molecule has 8 heterocycles. The van der Waals surface area contributed by atoms with Crippen LogP contribution in [0.5, 0.6) is 0 Å². The standard InChI is InChI=1S/2C28H37ClN2O4.2C28H38N2O4/c2*1-20-11-6-4-9-16-34-28(33)26-21(2)17-22(3)27(29)24(26)18-23(13-10-12-20)30-35-19-25(32)31-14-7-5-8-15-31;2*1-21-11-6-4-9-16-33-28(32)27-23(3)17-22(2)18-24(27)19-25(13-10-12-21)29-34-20-26(31)30-14-7-5-8-15-30/h2*6,10-11,13,17,20H,4-5,7-9,12,14-16,18-19H2,1-3H3;2*6,10-11,13,17-18,21H,4-5,7-9,12,14-16,19-20H2,1-3H3/b11-6+,13-10+,30-23+;11-6+,13-10+,30-23-;11-6+,13-10+,29-25+;11-6+,13-10+,29-25-. The van der Waals surface area contributed by atoms with Crippen molar-refractivity contribution in [3.05, 3.63) is 233 Å². The van der Waals surface area contributed by atoms with E-state index in [2.05, 4.69) is 121 Å². The topological polar surface area (TPSA) is 273 Å². The number of oxime groups is 4. The largest absolute Gasteiger partial charge is 0.462 e. The number of aryl methyl sites for hydroxylation is 8. The number of fused-ring (bicyclic) bond motifs is 4. The van der Waals surface area contributed by atoms with Crippen molar-refractivity contribution in [2.24, 2.45) is 44.3 Å². The summed E-state index contributed by atoms with van der Waals surface area (Å²) >= 11 is 13.4. The molecule has 4 amide bonds. The van der Waals surface area contributed by atoms with Crippen molar-refractivity contribution in [2.75, 3.05) is 105 Å². The Labute approximate surface area is 829 Å². The lowest BCUT2D eigenvalue weighted by Crippen LogP contribution is -2.37. The molecule has 748 valence electrons. The van der Waals surface area contributed by atoms with E-state index in [-0.39, 0.29) is 73.9 Å². The van der Waals surface area contributed by atoms with Gasteiger partial charge in [0.05, 0.1) is 71.5 Å². The fourth-order valence-corrected chi connectivity index (χ4v) is 18.3. The maximum atomic E-state index is 13.0. The molecule has 0 aliphatic carbocycles. The van der Waals surface area contributed by atoms with E-state index < -0.39 is 0 Å². The zero-order chi connectivity index (χ0) is 99.1. The molecular weight excluding hydrogens is 1780 g/mol. The molecule has 0 spiro atoms. The summed E-state index contributed by atoms with van der Waals surface area (Å²) in [6.45, 7) is 31.6. The molecule has 0 bridgehead atoms. The van der Waals surface area contributed by atoms with Gasteiger partial charge >= 0.3 is 23.9 Å². The predicted octanol–water partition coefficient (Wildman–Crippen LogP) is 22.6. The average molecular weight is 1940 g/mol. The normalized spacial score (nSPS) is 23.1. The number of amides is 4. The van der Waals surface area contributed by atoms with Gasteiger partial charge in [-0.2, -0.15) is 0 Å². The molecule has 4 fully saturated rings. The third-order valence-electron chi connectivity index (χ3n) is 25.3. The highest BCUT2D eigenvalue weighted by molar-refractivity contribution is 6.33. The van der Waals surface area contributed by atoms with Crippen LogP contribution in [-0.4, -0.2) is 195 Å². The van der Waals surface area contributed by atoms with Crippen LogP contribution in [0.1, 0.15) is 290 Å². The number of allylic oxidation sites excluding steroid dienone is 16. The van der Waals surface area contributed by atoms with E-state index in [1.165, 1.54) is 12.8 Å². The van der Waals surface area contributed by atoms with Crippen LogP contribution in [0.3, 0.4) is 0 Å². The molecule has 4 aromatic carbocycles. The van der Waals surface area contributed by atoms with Gasteiger partial charge in [-0.3, -0.25) is 19.2 Å². The molecule has 0 N–H and O–H groups in total. The van der Waals surface area contributed by atoms with Gasteiger partial charge < -0.3 is 57.9 Å². The summed E-state index contributed by atoms with van der Waals surface area (Å²) in [6.07, 6.45) is 57.7. The second-order valence-corrected chi connectivity index (χ2v) is 38.5. The molecule has 0 aromatic heterocycles. The van der Waals surface area contributed by atoms with Crippen molar-refractivity contribution in [2.45, 2.75) is 263 Å². The van der Waals surface area contributed by atoms with Gasteiger partial charge in [-0.1, -0.05) is 192 Å². The first-order valence-corrected chi connectivity index (χ1v) is 51.0. The molecule has 8 aliphatic heterocycles. The van der Waals surface area contributed by atoms with Gasteiger partial charge in [-0.25, -0.2) is 19.2 Å². The Kier molecular flexibility index (Phi) is 48.2. The van der Waals surface area contributed by atoms with E-state index in [0.717, 1.165) is 249 Å². The van der Waals surface area contributed by atoms with Gasteiger partial charge in [0, 0.05) is 88.1 Å². The number of benzene rings is 4. The summed E-state index contributed by atoms with van der Waals surface area (Å²) in [5, 5.41) is 18.3. The molecule has 12 rings (SSSR count). The minimum absolute atomic E-state index is 0.0282. The lowest BCUT2D eigenvalue weighted by Gasteiger charge is -2.26. The molecule has 0 saturated carbocycles. The predicted molar refractivity (Wildman–Crippen MR) is 550 cm³/mol. The number of ether oxygens (including phenoxy) is 4. The molecule has 138 heavy (non-hydrogen) atoms. The first kappa shape index (κ1) is 111. The number of rotatable bonds is 12. The zero-order valence-corrected chi connectivity index (χ0v) is 85.5. The number of esters is 4. The Balaban J connectivity index is 0.000000206. The van der Waals surface area contributed by atoms with Crippen molar-refractivity contribution in [3.8, 4) is 0 Å². The molecule has 4 saturated heterocycles. The molecule has 4 aromatic rings. The van der Waals surface area contributed by atoms with Crippen LogP contribution in [0.25, 0.3) is 0 Å². The molecule has 26 heteroatoms. The molecule has 4 unspecified atom stereocenters. The summed E-state index contributed by atoms with van der Waals surface area (Å²) in [4.78, 5) is 131. The summed E-state index contributed by atoms with van der Waals surface area (Å²) in [5.41, 5.74) is 15.1. The number of hydrogen-bond donors (Lipinski definition) is 0. The number of carbonyl (C=O) groups excluding carboxylic acids is 8. The van der Waals surface area contributed by atoms with Gasteiger partial charge in [0.25, 0.3) is 23.6 Å². The number of hydrogen-bond acceptors (Lipinski definition) is 20. The van der Waals surface area contributed by atoms with Crippen molar-refractivity contribution in [3.63, 3.8) is 0 Å². The molecule has 0 radical (unpaired) electrons. The first-order chi connectivity index (χ1) is 66.6. The van der Waals surface area contributed by atoms with Gasteiger partial charge in [0.1, 0.15) is 0 Å². The highest BCUT2D eigenvalue weighted by atomic mass is 35.5. The van der Waals surface area contributed by atoms with Crippen molar-refractivity contribution in [1.82, 2.24) is 19.6 Å². The Morgan fingerprint density at radius 2 is 0.551 bits per heavy atom. The monoisotopic (exact) mass is 1930 g/mol. The Morgan fingerprint density at radius 1 is 0.312 bits per heavy atom. The lowest BCUT2D eigenvalue weighted by molar-refractivity contribution is -0.137. The van der Waals surface area contributed by atoms with Crippen LogP contribution in [0.15, 0.2) is 154 Å². The van der Waals surface area contributed by atoms with Crippen LogP contribution in [0.2, 0.25) is 10.0 Å². The fraction of sp³-hybridized carbons (Fsp3) is 0.536. The third kappa shape index (κ3) is 38.0. The summed E-state index contributed by atoms with van der Waals surface area (Å²) in [5.74, 6) is -0.0124. The summed E-state index contributed by atoms with van der Waals surface area (Å²) in [7, 11) is 0. The van der Waals surface area contributed by atoms with E-state index in [4.69, 9.17) is 61.5 Å². The molecule has 4 atom stereocenters. The van der Waals surface area contributed by atoms with E-state index in [0.29, 0.717) is 142 Å². The summed E-state index contributed by atoms with van der Waals surface area (Å²) < 4.78 is 22.4. The number of likely N-dealkylation sites (tertiary alicyclic amines) is 4. The van der Waals surface area contributed by atoms with E-state index in [9.17, 15) is 38.4 Å². The molecular formula is C112H150Cl2N8O16. The second kappa shape index (κ2) is 60.1. The maximum absolute atomic E-state index is 13.0. The van der Waals surface area contributed by atoms with Crippen LogP contribution in [0.4, 0.5) is 0 Å². The Bertz CT molecular complexity index is 4810. The quantitative estimate of drug-likeness (QED) is 0.0552. The SMILES string of the molecule is Cc1cc(C)c2c(c1)CC(=N/OCC(=O)N1CCCCC1)/C=C/CC(C)/C=C/CCCOC2=O.Cc1cc(C)c2c(c1)CC(=N\OCC(=O)N1CCCCC1)/C=C/CC(C)/C=C/CCCOC2=O.Cc1cc(C)c2c(c1Cl)CC(=N/OCC(=O)N1CCCCC1)/C=C/CC(C)/C=C/CCCOC2=O.Cc1cc(C)c2c(c1Cl)CC(=N\OCC(=O)N1CCCCC1)/C=C/CC(C)/C=C/CCCOC2=O. The summed E-state index contributed by atoms with van der Waals surface area (Å²) in [6, 6.07) is 11.8. The molecule has 8 aliphatic rings. The van der Waals surface area contributed by atoms with Gasteiger partial charge in [0.2, 0.25) is 0 Å². The van der Waals surface area contributed by atoms with Crippen molar-refractivity contribution < 1.29 is 76.7 Å². The van der Waals surface area contributed by atoms with Crippen LogP contribution < -0.4 is 0 Å². The second-order valence-electron chi connectivity index (χ2n) is 37.8. The van der Waals surface area contributed by atoms with Crippen molar-refractivity contribution in [1.29, 1.82) is 0 Å². The number of halogens is 2. The van der Waals surface area contributed by atoms with Crippen LogP contribution >= 0.6 is 23.2 Å². The smallest absolute Gasteiger partial charge is 0.338 e. The van der Waals surface area contributed by atoms with Crippen molar-refractivity contribution >= 4 is 93.6 Å². The Morgan fingerprint density at radius 3 is 0.812 bits per heavy atom. The highest BCUT2D eigenvalue weighted by Gasteiger charge is 2.29. The van der Waals surface area contributed by atoms with Gasteiger partial charge in [0.15, 0.2) is 26.4 Å². The number of cyclic esters (lactones) is 4. The Hall–Kier alpha value is -11.0. The molecule has 24 nitrogen and oxygen atoms in total. The highest BCUT2D eigenvalue weighted by Crippen LogP contribution is 2.33. The van der Waals surface area contributed by atoms with Gasteiger partial charge in [-0.05, 0) is 313 Å². The minimum atomic E-state index is -0.379. The van der Waals surface area contributed by atoms with Crippen LogP contribution in [0, 0.1) is 79.1 Å². The number of nitrogens with zero attached hydrogens (tertiary/aromatic N) is 8. The third-order valence-corrected chi connectivity index (χ3v) is 26.4. The van der Waals surface area contributed by atoms with E-state index in [1.807, 2.05) is 136 Å². The maximum Gasteiger partial charge on any atom is 0.338 e. The number of piperidine rings is 4. The minimum Gasteiger partial charge on any atom is -0.462 e. The number of carbonyl (C=O) groups is 8.